The fourth-order valence-corrected chi connectivity index (χ4v) is 19.1. The number of aliphatic hydroxyl groups is 2. The summed E-state index contributed by atoms with van der Waals surface area (Å²) in [5, 5.41) is 33.2. The first-order valence-corrected chi connectivity index (χ1v) is 49.1. The number of hydrogen-bond donors (Lipinski definition) is 5. The van der Waals surface area contributed by atoms with E-state index >= 15 is 0 Å². The quantitative estimate of drug-likeness (QED) is 0.0154. The summed E-state index contributed by atoms with van der Waals surface area (Å²) in [4.78, 5) is 184. The zero-order valence-electron chi connectivity index (χ0n) is 84.2. The first kappa shape index (κ1) is 112. The van der Waals surface area contributed by atoms with Crippen molar-refractivity contribution in [1.29, 1.82) is 0 Å². The third-order valence-corrected chi connectivity index (χ3v) is 29.2. The maximum atomic E-state index is 14.6. The molecule has 6 aliphatic rings. The van der Waals surface area contributed by atoms with Crippen molar-refractivity contribution in [3.05, 3.63) is 123 Å². The van der Waals surface area contributed by atoms with Gasteiger partial charge in [0.1, 0.15) is 111 Å². The molecule has 0 aromatic heterocycles. The SMILES string of the molecule is COc1cc2cc(c1Cl)N(C)C(=O)C[C@H](OC(=O)[C@H](C)N(C)C(=O)CCCCCCC(=O)CCC(CCC(=O)NCCCCCC(=O)N(C)[C@@H](C)C(=O)O[C@H]1CC(=O)N(C)c3cc(cc(OC)c3Cl)C/C(C)=C/C=C/[C@@H](OC)[C@]3(O)CC(=O)OC(C3)[C@@H](C)C3O[C@]31C)NC(=O)OCc1ccc(NC(=O)[C@H](C)CC(=O)[C@@H](C)C(C)C)cc1)[C@]1(C)OC1[C@H](C)C1C[C@@](O)(CC(=O)O1)[C@H](OC)/C=C/C=C(\C)C2. The van der Waals surface area contributed by atoms with Crippen molar-refractivity contribution in [3.8, 4) is 11.5 Å². The van der Waals surface area contributed by atoms with E-state index in [0.29, 0.717) is 91.9 Å². The number of unbranched alkanes of at least 4 members (excludes halogenated alkanes) is 5. The molecule has 0 saturated carbocycles. The molecule has 0 aliphatic carbocycles. The molecule has 6 aliphatic heterocycles. The molecule has 8 bridgehead atoms. The number of ether oxygens (including phenoxy) is 11. The molecule has 5 unspecified atom stereocenters. The number of amides is 7. The van der Waals surface area contributed by atoms with Crippen LogP contribution in [0.1, 0.15) is 235 Å². The molecule has 35 heteroatoms. The monoisotopic (exact) mass is 1980 g/mol. The molecular weight excluding hydrogens is 1830 g/mol. The average molecular weight is 1980 g/mol. The second-order valence-corrected chi connectivity index (χ2v) is 40.1. The maximum Gasteiger partial charge on any atom is 0.407 e. The van der Waals surface area contributed by atoms with Crippen LogP contribution in [0.15, 0.2) is 96.1 Å². The summed E-state index contributed by atoms with van der Waals surface area (Å²) < 4.78 is 65.6. The van der Waals surface area contributed by atoms with Crippen LogP contribution in [0.25, 0.3) is 0 Å². The standard InChI is InChI=1S/C104H145Cl2N7O26/c1-60(2)64(6)77(115)48-63(5)97(123)108-72-39-37-69(38-40-72)59-133-100(126)109-73(41-43-74(114)32-24-21-22-25-35-87(117)110(13)67(9)98(124)136-84-53-89(119)112(15)75-49-70(51-78(129-17)93(75)105)46-61(3)30-28-33-82(131-19)103(127)55-80(134-91(121)57-103)65(7)95-101(84,11)138-95)42-44-86(116)107-45-27-23-26-36-88(118)111(14)68(10)99(125)137-85-54-90(120)113(16)76-50-71(52-79(130-18)94(76)106)47-62(4)31-29-34-83(132-20)104(128)56-81(135-92(122)58-104)66(8)96-102(85,12)139-96/h28-31,33-34,37-40,49-52,60,63-68,73,80-85,95-96,127-128H,21-27,32,35-36,41-48,53-59H2,1-20H3,(H,107,116)(H,108,123)(H,109,126)/b33-28+,34-29+,61-30+,62-31+/t63-,64+,65-,66-,67+,68+,73?,80?,81?,82-,83-,84+,85+,95?,96?,101+,102+,103-,104-/m1/s1. The molecular formula is C104H145Cl2N7O26. The Morgan fingerprint density at radius 1 is 0.590 bits per heavy atom. The number of rotatable bonds is 38. The zero-order valence-corrected chi connectivity index (χ0v) is 85.7. The van der Waals surface area contributed by atoms with Gasteiger partial charge in [-0.15, -0.1) is 0 Å². The van der Waals surface area contributed by atoms with E-state index in [-0.39, 0.29) is 147 Å². The summed E-state index contributed by atoms with van der Waals surface area (Å²) in [6.07, 6.45) is 5.55. The molecule has 0 spiro atoms. The number of halogens is 2. The Morgan fingerprint density at radius 3 is 1.47 bits per heavy atom. The molecule has 5 N–H and O–H groups in total. The van der Waals surface area contributed by atoms with Crippen LogP contribution in [0.2, 0.25) is 10.0 Å². The van der Waals surface area contributed by atoms with E-state index in [1.165, 1.54) is 76.0 Å². The van der Waals surface area contributed by atoms with Crippen LogP contribution < -0.4 is 35.2 Å². The minimum Gasteiger partial charge on any atom is -0.495 e. The van der Waals surface area contributed by atoms with E-state index in [1.807, 2.05) is 46.8 Å². The molecule has 9 rings (SSSR count). The number of alkyl carbamates (subject to hydrolysis) is 1. The molecule has 19 atom stereocenters. The highest BCUT2D eigenvalue weighted by molar-refractivity contribution is 6.36. The van der Waals surface area contributed by atoms with Crippen LogP contribution >= 0.6 is 23.2 Å². The number of carbonyl (C=O) groups is 13. The molecule has 766 valence electrons. The van der Waals surface area contributed by atoms with Crippen LogP contribution in [0.5, 0.6) is 11.5 Å². The van der Waals surface area contributed by atoms with Gasteiger partial charge in [0.15, 0.2) is 0 Å². The van der Waals surface area contributed by atoms with Crippen molar-refractivity contribution in [2.45, 2.75) is 327 Å². The normalized spacial score (nSPS) is 27.3. The second-order valence-electron chi connectivity index (χ2n) is 39.3. The van der Waals surface area contributed by atoms with Gasteiger partial charge in [-0.05, 0) is 152 Å². The van der Waals surface area contributed by atoms with Gasteiger partial charge in [-0.3, -0.25) is 47.9 Å². The smallest absolute Gasteiger partial charge is 0.407 e. The molecule has 6 heterocycles. The Hall–Kier alpha value is -10.1. The summed E-state index contributed by atoms with van der Waals surface area (Å²) in [6, 6.07) is 10.8. The highest BCUT2D eigenvalue weighted by Gasteiger charge is 2.66. The Labute approximate surface area is 826 Å². The molecule has 7 amide bonds. The van der Waals surface area contributed by atoms with Crippen LogP contribution in [0.3, 0.4) is 0 Å². The Balaban J connectivity index is 0.766. The van der Waals surface area contributed by atoms with E-state index in [1.54, 1.807) is 122 Å². The third-order valence-electron chi connectivity index (χ3n) is 28.4. The lowest BCUT2D eigenvalue weighted by Crippen LogP contribution is -2.53. The van der Waals surface area contributed by atoms with Crippen molar-refractivity contribution in [2.24, 2.45) is 29.6 Å². The lowest BCUT2D eigenvalue weighted by atomic mass is 9.78. The van der Waals surface area contributed by atoms with E-state index < -0.39 is 162 Å². The van der Waals surface area contributed by atoms with Gasteiger partial charge in [-0.1, -0.05) is 144 Å². The fraction of sp³-hybridized carbons (Fsp3) is 0.625. The number of fused-ring (bicyclic) bond motifs is 10. The number of nitrogens with one attached hydrogen (secondary N) is 3. The highest BCUT2D eigenvalue weighted by atomic mass is 35.5. The summed E-state index contributed by atoms with van der Waals surface area (Å²) in [7, 11) is 11.9. The molecule has 33 nitrogen and oxygen atoms in total. The number of carbonyl (C=O) groups excluding carboxylic acids is 13. The van der Waals surface area contributed by atoms with Gasteiger partial charge in [0.2, 0.25) is 35.4 Å². The molecule has 3 aromatic rings. The second kappa shape index (κ2) is 50.5. The van der Waals surface area contributed by atoms with Crippen molar-refractivity contribution >= 4 is 117 Å². The van der Waals surface area contributed by atoms with Gasteiger partial charge in [-0.2, -0.15) is 0 Å². The first-order chi connectivity index (χ1) is 65.6. The van der Waals surface area contributed by atoms with Gasteiger partial charge in [0.25, 0.3) is 0 Å². The van der Waals surface area contributed by atoms with Gasteiger partial charge < -0.3 is 97.9 Å². The largest absolute Gasteiger partial charge is 0.495 e. The molecule has 4 fully saturated rings. The van der Waals surface area contributed by atoms with Gasteiger partial charge in [0, 0.05) is 136 Å². The van der Waals surface area contributed by atoms with E-state index in [9.17, 15) is 72.5 Å². The first-order valence-electron chi connectivity index (χ1n) is 48.4. The lowest BCUT2D eigenvalue weighted by molar-refractivity contribution is -0.188. The minimum absolute atomic E-state index is 0.00596. The number of hydrogen-bond acceptors (Lipinski definition) is 26. The number of epoxide rings is 2. The lowest BCUT2D eigenvalue weighted by Gasteiger charge is -2.41. The van der Waals surface area contributed by atoms with Crippen LogP contribution in [-0.2, 0) is 120 Å². The molecule has 139 heavy (non-hydrogen) atoms. The summed E-state index contributed by atoms with van der Waals surface area (Å²) in [6.45, 7) is 21.4. The summed E-state index contributed by atoms with van der Waals surface area (Å²) >= 11 is 13.8. The Morgan fingerprint density at radius 2 is 1.03 bits per heavy atom. The van der Waals surface area contributed by atoms with E-state index in [4.69, 9.17) is 75.3 Å². The Bertz CT molecular complexity index is 4770. The minimum atomic E-state index is -1.67. The molecule has 0 radical (unpaired) electrons. The fourth-order valence-electron chi connectivity index (χ4n) is 18.5. The molecule has 3 aromatic carbocycles. The Kier molecular flexibility index (Phi) is 40.9. The van der Waals surface area contributed by atoms with Gasteiger partial charge >= 0.3 is 30.0 Å². The predicted octanol–water partition coefficient (Wildman–Crippen LogP) is 13.8. The van der Waals surface area contributed by atoms with Gasteiger partial charge in [0.05, 0.1) is 63.5 Å². The topological polar surface area (TPSA) is 420 Å². The number of likely N-dealkylation sites (N-methyl/N-ethyl adjacent to an activating group) is 2. The van der Waals surface area contributed by atoms with Crippen molar-refractivity contribution in [2.75, 3.05) is 78.3 Å². The van der Waals surface area contributed by atoms with Crippen LogP contribution in [0.4, 0.5) is 21.9 Å². The van der Waals surface area contributed by atoms with E-state index in [2.05, 4.69) is 16.0 Å². The summed E-state index contributed by atoms with van der Waals surface area (Å²) in [5.41, 5.74) is -0.950. The van der Waals surface area contributed by atoms with Gasteiger partial charge in [-0.25, -0.2) is 14.4 Å². The maximum absolute atomic E-state index is 14.6. The number of Topliss-reactive ketones (excluding diaryl/α,β-unsaturated/α-hetero) is 2. The number of nitrogens with zero attached hydrogens (tertiary/aromatic N) is 4. The summed E-state index contributed by atoms with van der Waals surface area (Å²) in [5.74, 6) is -6.59. The number of benzene rings is 3. The third kappa shape index (κ3) is 30.2. The number of allylic oxidation sites excluding steroid dienone is 6. The average Bonchev–Trinajstić information content (AvgIpc) is 1.57. The number of ketones is 2. The number of methoxy groups -OCH3 is 4. The number of anilines is 3. The highest BCUT2D eigenvalue weighted by Crippen LogP contribution is 2.53. The van der Waals surface area contributed by atoms with Crippen LogP contribution in [0, 0.1) is 29.6 Å². The van der Waals surface area contributed by atoms with Crippen molar-refractivity contribution < 1.29 is 125 Å². The predicted molar refractivity (Wildman–Crippen MR) is 522 cm³/mol. The van der Waals surface area contributed by atoms with E-state index in [0.717, 1.165) is 22.3 Å². The number of esters is 4. The van der Waals surface area contributed by atoms with Crippen molar-refractivity contribution in [3.63, 3.8) is 0 Å². The molecule has 4 saturated heterocycles. The zero-order chi connectivity index (χ0) is 102. The van der Waals surface area contributed by atoms with Crippen molar-refractivity contribution in [1.82, 2.24) is 20.4 Å². The van der Waals surface area contributed by atoms with Crippen LogP contribution in [-0.4, -0.2) is 250 Å².